The van der Waals surface area contributed by atoms with E-state index in [0.717, 1.165) is 19.6 Å². The molecule has 5 nitrogen and oxygen atoms in total. The second-order valence-corrected chi connectivity index (χ2v) is 5.04. The van der Waals surface area contributed by atoms with E-state index in [1.165, 1.54) is 0 Å². The molecule has 0 spiro atoms. The number of benzene rings is 1. The van der Waals surface area contributed by atoms with Crippen molar-refractivity contribution in [2.75, 3.05) is 39.5 Å². The van der Waals surface area contributed by atoms with Crippen LogP contribution in [0.2, 0.25) is 0 Å². The van der Waals surface area contributed by atoms with Gasteiger partial charge in [0.1, 0.15) is 5.75 Å². The summed E-state index contributed by atoms with van der Waals surface area (Å²) in [6.45, 7) is 4.47. The Morgan fingerprint density at radius 1 is 1.42 bits per heavy atom. The first kappa shape index (κ1) is 13.7. The van der Waals surface area contributed by atoms with Crippen LogP contribution >= 0.6 is 0 Å². The first-order valence-electron chi connectivity index (χ1n) is 6.46. The van der Waals surface area contributed by atoms with E-state index in [4.69, 9.17) is 10.5 Å². The zero-order valence-electron chi connectivity index (χ0n) is 11.7. The number of amides is 1. The minimum atomic E-state index is -0.0101. The standard InChI is InChI=1S/C14H21N3O2/c1-10-9-17(7-6-16(10)2)14(18)12-8-11(15)4-5-13(12)19-3/h4-5,8,10H,6-7,9,15H2,1-3H3. The second kappa shape index (κ2) is 5.48. The highest BCUT2D eigenvalue weighted by Crippen LogP contribution is 2.23. The van der Waals surface area contributed by atoms with Crippen molar-refractivity contribution in [3.05, 3.63) is 23.8 Å². The smallest absolute Gasteiger partial charge is 0.257 e. The molecule has 1 atom stereocenters. The lowest BCUT2D eigenvalue weighted by atomic mass is 10.1. The quantitative estimate of drug-likeness (QED) is 0.810. The SMILES string of the molecule is COc1ccc(N)cc1C(=O)N1CCN(C)C(C)C1. The first-order valence-corrected chi connectivity index (χ1v) is 6.46. The Kier molecular flexibility index (Phi) is 3.95. The molecule has 1 unspecified atom stereocenters. The van der Waals surface area contributed by atoms with Crippen LogP contribution in [0.25, 0.3) is 0 Å². The topological polar surface area (TPSA) is 58.8 Å². The number of ether oxygens (including phenoxy) is 1. The molecule has 0 bridgehead atoms. The van der Waals surface area contributed by atoms with Gasteiger partial charge < -0.3 is 20.3 Å². The predicted octanol–water partition coefficient (Wildman–Crippen LogP) is 1.05. The zero-order valence-corrected chi connectivity index (χ0v) is 11.7. The van der Waals surface area contributed by atoms with E-state index in [1.54, 1.807) is 25.3 Å². The molecule has 2 N–H and O–H groups in total. The molecule has 0 saturated carbocycles. The Morgan fingerprint density at radius 2 is 2.16 bits per heavy atom. The molecule has 1 aromatic rings. The number of nitrogen functional groups attached to an aromatic ring is 1. The summed E-state index contributed by atoms with van der Waals surface area (Å²) in [4.78, 5) is 16.7. The van der Waals surface area contributed by atoms with E-state index in [-0.39, 0.29) is 5.91 Å². The summed E-state index contributed by atoms with van der Waals surface area (Å²) < 4.78 is 5.25. The van der Waals surface area contributed by atoms with Gasteiger partial charge in [0.05, 0.1) is 12.7 Å². The number of nitrogens with zero attached hydrogens (tertiary/aromatic N) is 2. The maximum atomic E-state index is 12.6. The molecule has 5 heteroatoms. The molecule has 1 aliphatic rings. The van der Waals surface area contributed by atoms with E-state index in [9.17, 15) is 4.79 Å². The molecule has 1 saturated heterocycles. The number of methoxy groups -OCH3 is 1. The van der Waals surface area contributed by atoms with Gasteiger partial charge in [0, 0.05) is 31.4 Å². The van der Waals surface area contributed by atoms with E-state index in [1.807, 2.05) is 4.90 Å². The van der Waals surface area contributed by atoms with Gasteiger partial charge in [0.15, 0.2) is 0 Å². The van der Waals surface area contributed by atoms with Crippen molar-refractivity contribution in [3.8, 4) is 5.75 Å². The maximum Gasteiger partial charge on any atom is 0.257 e. The highest BCUT2D eigenvalue weighted by atomic mass is 16.5. The average molecular weight is 263 g/mol. The molecule has 104 valence electrons. The Balaban J connectivity index is 2.22. The molecule has 19 heavy (non-hydrogen) atoms. The summed E-state index contributed by atoms with van der Waals surface area (Å²) in [5.41, 5.74) is 6.88. The van der Waals surface area contributed by atoms with Crippen LogP contribution in [-0.2, 0) is 0 Å². The van der Waals surface area contributed by atoms with Gasteiger partial charge in [-0.25, -0.2) is 0 Å². The molecule has 2 rings (SSSR count). The Labute approximate surface area is 113 Å². The fraction of sp³-hybridized carbons (Fsp3) is 0.500. The van der Waals surface area contributed by atoms with Crippen molar-refractivity contribution in [3.63, 3.8) is 0 Å². The van der Waals surface area contributed by atoms with Gasteiger partial charge in [0.2, 0.25) is 0 Å². The van der Waals surface area contributed by atoms with E-state index in [2.05, 4.69) is 18.9 Å². The van der Waals surface area contributed by atoms with E-state index < -0.39 is 0 Å². The third-order valence-corrected chi connectivity index (χ3v) is 3.70. The van der Waals surface area contributed by atoms with Gasteiger partial charge in [-0.15, -0.1) is 0 Å². The number of hydrogen-bond acceptors (Lipinski definition) is 4. The first-order chi connectivity index (χ1) is 9.02. The van der Waals surface area contributed by atoms with Crippen LogP contribution < -0.4 is 10.5 Å². The minimum absolute atomic E-state index is 0.0101. The number of carbonyl (C=O) groups excluding carboxylic acids is 1. The van der Waals surface area contributed by atoms with Gasteiger partial charge >= 0.3 is 0 Å². The maximum absolute atomic E-state index is 12.6. The van der Waals surface area contributed by atoms with E-state index in [0.29, 0.717) is 23.0 Å². The van der Waals surface area contributed by atoms with Crippen molar-refractivity contribution < 1.29 is 9.53 Å². The van der Waals surface area contributed by atoms with Crippen molar-refractivity contribution in [2.45, 2.75) is 13.0 Å². The fourth-order valence-corrected chi connectivity index (χ4v) is 2.30. The third-order valence-electron chi connectivity index (χ3n) is 3.70. The highest BCUT2D eigenvalue weighted by molar-refractivity contribution is 5.98. The van der Waals surface area contributed by atoms with Crippen LogP contribution in [0.5, 0.6) is 5.75 Å². The Bertz CT molecular complexity index is 476. The largest absolute Gasteiger partial charge is 0.496 e. The summed E-state index contributed by atoms with van der Waals surface area (Å²) >= 11 is 0. The predicted molar refractivity (Wildman–Crippen MR) is 75.4 cm³/mol. The number of rotatable bonds is 2. The van der Waals surface area contributed by atoms with Crippen LogP contribution in [0.3, 0.4) is 0 Å². The molecular weight excluding hydrogens is 242 g/mol. The number of carbonyl (C=O) groups is 1. The summed E-state index contributed by atoms with van der Waals surface area (Å²) in [6, 6.07) is 5.53. The second-order valence-electron chi connectivity index (χ2n) is 5.04. The fourth-order valence-electron chi connectivity index (χ4n) is 2.30. The number of likely N-dealkylation sites (N-methyl/N-ethyl adjacent to an activating group) is 1. The lowest BCUT2D eigenvalue weighted by Gasteiger charge is -2.37. The molecule has 0 aromatic heterocycles. The van der Waals surface area contributed by atoms with E-state index >= 15 is 0 Å². The Hall–Kier alpha value is -1.75. The molecule has 1 aliphatic heterocycles. The lowest BCUT2D eigenvalue weighted by molar-refractivity contribution is 0.0569. The monoisotopic (exact) mass is 263 g/mol. The molecule has 0 aliphatic carbocycles. The Morgan fingerprint density at radius 3 is 2.79 bits per heavy atom. The molecule has 1 fully saturated rings. The van der Waals surface area contributed by atoms with Crippen molar-refractivity contribution in [1.29, 1.82) is 0 Å². The van der Waals surface area contributed by atoms with Crippen molar-refractivity contribution >= 4 is 11.6 Å². The summed E-state index contributed by atoms with van der Waals surface area (Å²) in [6.07, 6.45) is 0. The summed E-state index contributed by atoms with van der Waals surface area (Å²) in [7, 11) is 3.64. The molecule has 1 aromatic carbocycles. The molecule has 1 amide bonds. The molecular formula is C14H21N3O2. The number of anilines is 1. The highest BCUT2D eigenvalue weighted by Gasteiger charge is 2.26. The zero-order chi connectivity index (χ0) is 14.0. The lowest BCUT2D eigenvalue weighted by Crippen LogP contribution is -2.52. The van der Waals surface area contributed by atoms with Crippen LogP contribution in [0.15, 0.2) is 18.2 Å². The molecule has 0 radical (unpaired) electrons. The van der Waals surface area contributed by atoms with Crippen LogP contribution in [0.1, 0.15) is 17.3 Å². The number of hydrogen-bond donors (Lipinski definition) is 1. The normalized spacial score (nSPS) is 20.4. The van der Waals surface area contributed by atoms with Crippen LogP contribution in [0, 0.1) is 0 Å². The number of nitrogens with two attached hydrogens (primary N) is 1. The van der Waals surface area contributed by atoms with Gasteiger partial charge in [-0.1, -0.05) is 0 Å². The summed E-state index contributed by atoms with van der Waals surface area (Å²) in [5, 5.41) is 0. The minimum Gasteiger partial charge on any atom is -0.496 e. The summed E-state index contributed by atoms with van der Waals surface area (Å²) in [5.74, 6) is 0.565. The van der Waals surface area contributed by atoms with Crippen LogP contribution in [-0.4, -0.2) is 55.5 Å². The number of piperazine rings is 1. The average Bonchev–Trinajstić information content (AvgIpc) is 2.41. The third kappa shape index (κ3) is 2.81. The molecule has 1 heterocycles. The van der Waals surface area contributed by atoms with Gasteiger partial charge in [-0.2, -0.15) is 0 Å². The van der Waals surface area contributed by atoms with Crippen molar-refractivity contribution in [2.24, 2.45) is 0 Å². The van der Waals surface area contributed by atoms with Gasteiger partial charge in [-0.05, 0) is 32.2 Å². The van der Waals surface area contributed by atoms with Crippen LogP contribution in [0.4, 0.5) is 5.69 Å². The van der Waals surface area contributed by atoms with Gasteiger partial charge in [-0.3, -0.25) is 4.79 Å². The van der Waals surface area contributed by atoms with Gasteiger partial charge in [0.25, 0.3) is 5.91 Å². The van der Waals surface area contributed by atoms with Crippen molar-refractivity contribution in [1.82, 2.24) is 9.80 Å².